The first-order chi connectivity index (χ1) is 6.43. The van der Waals surface area contributed by atoms with Crippen molar-refractivity contribution in [3.05, 3.63) is 12.2 Å². The third-order valence-corrected chi connectivity index (χ3v) is 2.17. The van der Waals surface area contributed by atoms with Crippen LogP contribution in [0.15, 0.2) is 12.2 Å². The van der Waals surface area contributed by atoms with E-state index in [0.717, 1.165) is 0 Å². The fraction of sp³-hybridized carbons (Fsp3) is 0.571. The molecule has 1 N–H and O–H groups in total. The molecule has 0 aromatic heterocycles. The zero-order chi connectivity index (χ0) is 11.2. The van der Waals surface area contributed by atoms with Crippen LogP contribution in [0.25, 0.3) is 0 Å². The summed E-state index contributed by atoms with van der Waals surface area (Å²) in [5.74, 6) is -1.31. The van der Waals surface area contributed by atoms with Gasteiger partial charge in [0.15, 0.2) is 0 Å². The van der Waals surface area contributed by atoms with Crippen molar-refractivity contribution in [3.8, 4) is 0 Å². The van der Waals surface area contributed by atoms with Crippen LogP contribution < -0.4 is 5.32 Å². The maximum Gasteiger partial charge on any atom is 0.370 e. The summed E-state index contributed by atoms with van der Waals surface area (Å²) in [7, 11) is -2.44. The van der Waals surface area contributed by atoms with Crippen LogP contribution in [0.3, 0.4) is 0 Å². The van der Waals surface area contributed by atoms with Gasteiger partial charge < -0.3 is 5.32 Å². The fourth-order valence-electron chi connectivity index (χ4n) is 0.487. The second kappa shape index (κ2) is 5.74. The molecule has 0 bridgehead atoms. The number of hydrogen-bond donors (Lipinski definition) is 1. The molecule has 0 unspecified atom stereocenters. The van der Waals surface area contributed by atoms with Crippen LogP contribution in [0.2, 0.25) is 0 Å². The minimum atomic E-state index is -3.86. The predicted octanol–water partition coefficient (Wildman–Crippen LogP) is -0.0659. The Balaban J connectivity index is 4.07. The van der Waals surface area contributed by atoms with E-state index >= 15 is 0 Å². The van der Waals surface area contributed by atoms with Crippen molar-refractivity contribution in [2.45, 2.75) is 13.3 Å². The van der Waals surface area contributed by atoms with E-state index in [1.165, 1.54) is 7.05 Å². The zero-order valence-electron chi connectivity index (χ0n) is 8.07. The van der Waals surface area contributed by atoms with Gasteiger partial charge in [-0.15, -0.1) is 0 Å². The molecule has 0 aromatic carbocycles. The van der Waals surface area contributed by atoms with Gasteiger partial charge in [0.25, 0.3) is 0 Å². The van der Waals surface area contributed by atoms with E-state index in [9.17, 15) is 13.2 Å². The second-order valence-electron chi connectivity index (χ2n) is 2.45. The van der Waals surface area contributed by atoms with Crippen LogP contribution in [0.1, 0.15) is 13.3 Å². The number of carbonyl (C=O) groups is 1. The van der Waals surface area contributed by atoms with Gasteiger partial charge in [-0.25, -0.2) is 4.79 Å². The Morgan fingerprint density at radius 1 is 1.50 bits per heavy atom. The van der Waals surface area contributed by atoms with E-state index in [-0.39, 0.29) is 5.57 Å². The van der Waals surface area contributed by atoms with Gasteiger partial charge in [-0.05, 0) is 13.5 Å². The smallest absolute Gasteiger partial charge is 0.305 e. The van der Waals surface area contributed by atoms with Crippen molar-refractivity contribution in [1.82, 2.24) is 5.32 Å². The largest absolute Gasteiger partial charge is 0.370 e. The van der Waals surface area contributed by atoms with Crippen LogP contribution in [-0.2, 0) is 24.1 Å². The topological polar surface area (TPSA) is 81.7 Å². The lowest BCUT2D eigenvalue weighted by molar-refractivity contribution is -0.206. The van der Waals surface area contributed by atoms with Crippen molar-refractivity contribution in [3.63, 3.8) is 0 Å². The van der Waals surface area contributed by atoms with Gasteiger partial charge >= 0.3 is 16.1 Å². The summed E-state index contributed by atoms with van der Waals surface area (Å²) >= 11 is 0. The molecule has 0 radical (unpaired) electrons. The van der Waals surface area contributed by atoms with Crippen LogP contribution in [0.4, 0.5) is 0 Å². The highest BCUT2D eigenvalue weighted by Gasteiger charge is 2.15. The third-order valence-electron chi connectivity index (χ3n) is 1.25. The van der Waals surface area contributed by atoms with Crippen molar-refractivity contribution >= 4 is 16.1 Å². The predicted molar refractivity (Wildman–Crippen MR) is 49.5 cm³/mol. The van der Waals surface area contributed by atoms with Gasteiger partial charge in [0, 0.05) is 5.57 Å². The third kappa shape index (κ3) is 4.95. The molecule has 82 valence electrons. The molecule has 14 heavy (non-hydrogen) atoms. The lowest BCUT2D eigenvalue weighted by Crippen LogP contribution is -2.22. The molecule has 0 heterocycles. The van der Waals surface area contributed by atoms with Crippen LogP contribution >= 0.6 is 0 Å². The van der Waals surface area contributed by atoms with E-state index in [0.29, 0.717) is 6.42 Å². The Morgan fingerprint density at radius 3 is 2.50 bits per heavy atom. The zero-order valence-corrected chi connectivity index (χ0v) is 8.89. The monoisotopic (exact) mass is 223 g/mol. The Labute approximate surface area is 82.9 Å². The van der Waals surface area contributed by atoms with Crippen LogP contribution in [0, 0.1) is 0 Å². The summed E-state index contributed by atoms with van der Waals surface area (Å²) in [6.45, 7) is 5.04. The van der Waals surface area contributed by atoms with Crippen molar-refractivity contribution in [2.24, 2.45) is 0 Å². The Kier molecular flexibility index (Phi) is 5.36. The van der Waals surface area contributed by atoms with Crippen molar-refractivity contribution in [2.75, 3.05) is 12.9 Å². The summed E-state index contributed by atoms with van der Waals surface area (Å²) < 4.78 is 25.7. The minimum absolute atomic E-state index is 0.143. The summed E-state index contributed by atoms with van der Waals surface area (Å²) in [6.07, 6.45) is 0.369. The number of nitrogens with one attached hydrogen (secondary N) is 1. The van der Waals surface area contributed by atoms with Gasteiger partial charge in [0.1, 0.15) is 5.88 Å². The Bertz CT molecular complexity index is 308. The molecule has 6 nitrogen and oxygen atoms in total. The molecule has 0 saturated carbocycles. The fourth-order valence-corrected chi connectivity index (χ4v) is 1.05. The molecule has 0 aliphatic carbocycles. The molecule has 0 saturated heterocycles. The summed E-state index contributed by atoms with van der Waals surface area (Å²) in [5, 5.41) is 2.35. The quantitative estimate of drug-likeness (QED) is 0.386. The van der Waals surface area contributed by atoms with E-state index in [1.807, 2.05) is 0 Å². The van der Waals surface area contributed by atoms with Gasteiger partial charge in [0.2, 0.25) is 0 Å². The molecule has 0 aromatic rings. The Morgan fingerprint density at radius 2 is 2.07 bits per heavy atom. The first-order valence-electron chi connectivity index (χ1n) is 3.88. The average molecular weight is 223 g/mol. The van der Waals surface area contributed by atoms with E-state index < -0.39 is 22.0 Å². The molecule has 7 heteroatoms. The molecule has 0 amide bonds. The maximum atomic E-state index is 10.9. The Hall–Kier alpha value is -0.920. The highest BCUT2D eigenvalue weighted by atomic mass is 32.2. The van der Waals surface area contributed by atoms with Crippen molar-refractivity contribution < 1.29 is 22.4 Å². The van der Waals surface area contributed by atoms with Crippen LogP contribution in [0.5, 0.6) is 0 Å². The first kappa shape index (κ1) is 13.1. The van der Waals surface area contributed by atoms with E-state index in [2.05, 4.69) is 21.1 Å². The average Bonchev–Trinajstić information content (AvgIpc) is 2.13. The second-order valence-corrected chi connectivity index (χ2v) is 3.99. The molecular formula is C7H13NO5S. The van der Waals surface area contributed by atoms with Crippen molar-refractivity contribution in [1.29, 1.82) is 0 Å². The molecule has 0 fully saturated rings. The van der Waals surface area contributed by atoms with Gasteiger partial charge in [-0.2, -0.15) is 8.42 Å². The first-order valence-corrected chi connectivity index (χ1v) is 5.46. The van der Waals surface area contributed by atoms with Gasteiger partial charge in [-0.3, -0.25) is 4.89 Å². The van der Waals surface area contributed by atoms with Gasteiger partial charge in [0.05, 0.1) is 0 Å². The lowest BCUT2D eigenvalue weighted by Gasteiger charge is -2.03. The molecule has 0 aliphatic rings. The molecular weight excluding hydrogens is 210 g/mol. The normalized spacial score (nSPS) is 11.0. The van der Waals surface area contributed by atoms with Gasteiger partial charge in [-0.1, -0.05) is 17.8 Å². The van der Waals surface area contributed by atoms with E-state index in [4.69, 9.17) is 0 Å². The standard InChI is InChI=1S/C7H13NO5S/c1-4-6(2)7(9)12-13-14(10,11)5-8-3/h8H,2,4-5H2,1,3H3. The molecule has 0 aliphatic heterocycles. The maximum absolute atomic E-state index is 10.9. The summed E-state index contributed by atoms with van der Waals surface area (Å²) in [5.41, 5.74) is 0.143. The highest BCUT2D eigenvalue weighted by molar-refractivity contribution is 7.86. The van der Waals surface area contributed by atoms with E-state index in [1.54, 1.807) is 6.92 Å². The number of rotatable bonds is 6. The lowest BCUT2D eigenvalue weighted by atomic mass is 10.2. The molecule has 0 spiro atoms. The highest BCUT2D eigenvalue weighted by Crippen LogP contribution is 2.02. The summed E-state index contributed by atoms with van der Waals surface area (Å²) in [4.78, 5) is 14.9. The number of hydrogen-bond acceptors (Lipinski definition) is 6. The summed E-state index contributed by atoms with van der Waals surface area (Å²) in [6, 6.07) is 0. The molecule has 0 rings (SSSR count). The minimum Gasteiger partial charge on any atom is -0.305 e. The van der Waals surface area contributed by atoms with Crippen LogP contribution in [-0.4, -0.2) is 27.3 Å². The molecule has 0 atom stereocenters. The number of carbonyl (C=O) groups excluding carboxylic acids is 1. The SMILES string of the molecule is C=C(CC)C(=O)OOS(=O)(=O)CNC.